The predicted octanol–water partition coefficient (Wildman–Crippen LogP) is 1.56. The van der Waals surface area contributed by atoms with E-state index in [0.717, 1.165) is 16.9 Å². The van der Waals surface area contributed by atoms with Crippen LogP contribution in [-0.4, -0.2) is 48.5 Å². The zero-order chi connectivity index (χ0) is 14.9. The fourth-order valence-electron chi connectivity index (χ4n) is 2.38. The van der Waals surface area contributed by atoms with Crippen molar-refractivity contribution in [3.05, 3.63) is 21.9 Å². The van der Waals surface area contributed by atoms with E-state index in [1.165, 1.54) is 0 Å². The van der Waals surface area contributed by atoms with E-state index in [1.807, 2.05) is 11.4 Å². The Morgan fingerprint density at radius 3 is 2.85 bits per heavy atom. The van der Waals surface area contributed by atoms with Crippen molar-refractivity contribution < 1.29 is 18.3 Å². The summed E-state index contributed by atoms with van der Waals surface area (Å²) in [6.07, 6.45) is 0.790. The van der Waals surface area contributed by atoms with Crippen LogP contribution in [0.5, 0.6) is 0 Å². The molecule has 1 aromatic rings. The summed E-state index contributed by atoms with van der Waals surface area (Å²) in [6, 6.07) is 1.12. The van der Waals surface area contributed by atoms with Crippen LogP contribution in [-0.2, 0) is 21.1 Å². The molecule has 1 atom stereocenters. The van der Waals surface area contributed by atoms with Gasteiger partial charge in [-0.25, -0.2) is 8.42 Å². The number of hydrogen-bond acceptors (Lipinski definition) is 5. The molecule has 0 radical (unpaired) electrons. The van der Waals surface area contributed by atoms with Gasteiger partial charge >= 0.3 is 5.97 Å². The van der Waals surface area contributed by atoms with Crippen molar-refractivity contribution in [2.24, 2.45) is 0 Å². The van der Waals surface area contributed by atoms with Gasteiger partial charge in [0.05, 0.1) is 11.0 Å². The fraction of sp³-hybridized carbons (Fsp3) is 0.615. The highest BCUT2D eigenvalue weighted by Gasteiger charge is 2.34. The molecular formula is C13H19NO4S2. The summed E-state index contributed by atoms with van der Waals surface area (Å²) in [4.78, 5) is 14.4. The fourth-order valence-corrected chi connectivity index (χ4v) is 4.24. The molecule has 5 nitrogen and oxygen atoms in total. The van der Waals surface area contributed by atoms with Crippen molar-refractivity contribution in [3.63, 3.8) is 0 Å². The Morgan fingerprint density at radius 1 is 1.55 bits per heavy atom. The van der Waals surface area contributed by atoms with Gasteiger partial charge in [-0.15, -0.1) is 11.3 Å². The van der Waals surface area contributed by atoms with E-state index >= 15 is 0 Å². The summed E-state index contributed by atoms with van der Waals surface area (Å²) in [5.74, 6) is -0.903. The molecule has 0 amide bonds. The lowest BCUT2D eigenvalue weighted by molar-refractivity contribution is -0.143. The topological polar surface area (TPSA) is 74.7 Å². The molecule has 0 aliphatic carbocycles. The summed E-state index contributed by atoms with van der Waals surface area (Å²) in [5, 5.41) is 10.9. The minimum absolute atomic E-state index is 0.00785. The van der Waals surface area contributed by atoms with Gasteiger partial charge in [-0.2, -0.15) is 0 Å². The van der Waals surface area contributed by atoms with Gasteiger partial charge in [-0.05, 0) is 37.3 Å². The number of rotatable bonds is 5. The second-order valence-corrected chi connectivity index (χ2v) is 8.92. The van der Waals surface area contributed by atoms with Crippen LogP contribution in [0, 0.1) is 0 Å². The number of carbonyl (C=O) groups is 1. The maximum atomic E-state index is 11.9. The number of nitrogens with zero attached hydrogens (tertiary/aromatic N) is 1. The SMILES string of the molecule is CC(C)S(=O)(=O)CCN1CCc2sccc2C1C(=O)O. The van der Waals surface area contributed by atoms with Crippen LogP contribution in [0.1, 0.15) is 30.3 Å². The molecule has 2 heterocycles. The smallest absolute Gasteiger partial charge is 0.325 e. The van der Waals surface area contributed by atoms with Gasteiger partial charge in [0.25, 0.3) is 0 Å². The molecule has 0 fully saturated rings. The Bertz CT molecular complexity index is 591. The summed E-state index contributed by atoms with van der Waals surface area (Å²) < 4.78 is 23.7. The first-order valence-electron chi connectivity index (χ1n) is 6.57. The Morgan fingerprint density at radius 2 is 2.25 bits per heavy atom. The quantitative estimate of drug-likeness (QED) is 0.892. The van der Waals surface area contributed by atoms with E-state index in [4.69, 9.17) is 0 Å². The van der Waals surface area contributed by atoms with Crippen molar-refractivity contribution in [1.82, 2.24) is 4.90 Å². The number of fused-ring (bicyclic) bond motifs is 1. The van der Waals surface area contributed by atoms with Crippen molar-refractivity contribution >= 4 is 27.1 Å². The Labute approximate surface area is 123 Å². The molecule has 0 saturated heterocycles. The summed E-state index contributed by atoms with van der Waals surface area (Å²) in [7, 11) is -3.14. The molecule has 1 N–H and O–H groups in total. The van der Waals surface area contributed by atoms with Crippen LogP contribution < -0.4 is 0 Å². The highest BCUT2D eigenvalue weighted by molar-refractivity contribution is 7.92. The number of carboxylic acid groups (broad SMARTS) is 1. The number of carboxylic acids is 1. The first-order chi connectivity index (χ1) is 9.33. The molecule has 112 valence electrons. The lowest BCUT2D eigenvalue weighted by atomic mass is 10.0. The number of aliphatic carboxylic acids is 1. The molecule has 1 aliphatic rings. The lowest BCUT2D eigenvalue weighted by Gasteiger charge is -2.33. The van der Waals surface area contributed by atoms with Gasteiger partial charge in [-0.1, -0.05) is 0 Å². The zero-order valence-electron chi connectivity index (χ0n) is 11.6. The van der Waals surface area contributed by atoms with Crippen LogP contribution in [0.4, 0.5) is 0 Å². The van der Waals surface area contributed by atoms with E-state index in [1.54, 1.807) is 30.1 Å². The standard InChI is InChI=1S/C13H19NO4S2/c1-9(2)20(17,18)8-6-14-5-3-11-10(4-7-19-11)12(14)13(15)16/h4,7,9,12H,3,5-6,8H2,1-2H3,(H,15,16). The number of hydrogen-bond donors (Lipinski definition) is 1. The van der Waals surface area contributed by atoms with Crippen LogP contribution in [0.3, 0.4) is 0 Å². The first-order valence-corrected chi connectivity index (χ1v) is 9.17. The largest absolute Gasteiger partial charge is 0.480 e. The molecule has 2 rings (SSSR count). The van der Waals surface area contributed by atoms with E-state index in [2.05, 4.69) is 0 Å². The van der Waals surface area contributed by atoms with Crippen molar-refractivity contribution in [2.45, 2.75) is 31.6 Å². The van der Waals surface area contributed by atoms with E-state index < -0.39 is 27.1 Å². The summed E-state index contributed by atoms with van der Waals surface area (Å²) >= 11 is 1.57. The van der Waals surface area contributed by atoms with Crippen molar-refractivity contribution in [2.75, 3.05) is 18.8 Å². The number of sulfone groups is 1. The molecule has 0 bridgehead atoms. The van der Waals surface area contributed by atoms with Gasteiger partial charge in [-0.3, -0.25) is 9.69 Å². The van der Waals surface area contributed by atoms with E-state index in [9.17, 15) is 18.3 Å². The van der Waals surface area contributed by atoms with Crippen LogP contribution in [0.25, 0.3) is 0 Å². The van der Waals surface area contributed by atoms with E-state index in [-0.39, 0.29) is 12.3 Å². The van der Waals surface area contributed by atoms with Gasteiger partial charge in [0, 0.05) is 18.0 Å². The average Bonchev–Trinajstić information content (AvgIpc) is 2.83. The third-order valence-corrected chi connectivity index (χ3v) is 6.87. The molecule has 0 saturated carbocycles. The molecule has 0 spiro atoms. The highest BCUT2D eigenvalue weighted by atomic mass is 32.2. The molecule has 1 aliphatic heterocycles. The average molecular weight is 317 g/mol. The van der Waals surface area contributed by atoms with Gasteiger partial charge in [0.2, 0.25) is 0 Å². The molecule has 1 aromatic heterocycles. The highest BCUT2D eigenvalue weighted by Crippen LogP contribution is 2.33. The minimum atomic E-state index is -3.14. The Kier molecular flexibility index (Phi) is 4.51. The molecule has 0 aromatic carbocycles. The first kappa shape index (κ1) is 15.5. The molecule has 1 unspecified atom stereocenters. The second kappa shape index (κ2) is 5.83. The third-order valence-electron chi connectivity index (χ3n) is 3.68. The summed E-state index contributed by atoms with van der Waals surface area (Å²) in [5.41, 5.74) is 0.815. The molecule has 7 heteroatoms. The minimum Gasteiger partial charge on any atom is -0.480 e. The van der Waals surface area contributed by atoms with Gasteiger partial charge in [0.15, 0.2) is 9.84 Å². The van der Waals surface area contributed by atoms with Gasteiger partial charge < -0.3 is 5.11 Å². The predicted molar refractivity (Wildman–Crippen MR) is 78.9 cm³/mol. The monoisotopic (exact) mass is 317 g/mol. The normalized spacial score (nSPS) is 20.1. The van der Waals surface area contributed by atoms with Crippen LogP contribution in [0.15, 0.2) is 11.4 Å². The van der Waals surface area contributed by atoms with Crippen molar-refractivity contribution in [3.8, 4) is 0 Å². The van der Waals surface area contributed by atoms with Crippen LogP contribution in [0.2, 0.25) is 0 Å². The van der Waals surface area contributed by atoms with Crippen LogP contribution >= 0.6 is 11.3 Å². The van der Waals surface area contributed by atoms with E-state index in [0.29, 0.717) is 6.54 Å². The molecule has 20 heavy (non-hydrogen) atoms. The summed E-state index contributed by atoms with van der Waals surface area (Å²) in [6.45, 7) is 4.17. The second-order valence-electron chi connectivity index (χ2n) is 5.24. The van der Waals surface area contributed by atoms with Gasteiger partial charge in [0.1, 0.15) is 6.04 Å². The third kappa shape index (κ3) is 3.05. The Balaban J connectivity index is 2.15. The number of thiophene rings is 1. The maximum absolute atomic E-state index is 11.9. The zero-order valence-corrected chi connectivity index (χ0v) is 13.2. The maximum Gasteiger partial charge on any atom is 0.325 e. The lowest BCUT2D eigenvalue weighted by Crippen LogP contribution is -2.42. The molecular weight excluding hydrogens is 298 g/mol. The van der Waals surface area contributed by atoms with Crippen molar-refractivity contribution in [1.29, 1.82) is 0 Å². The Hall–Kier alpha value is -0.920.